The summed E-state index contributed by atoms with van der Waals surface area (Å²) in [7, 11) is 0. The van der Waals surface area contributed by atoms with Crippen LogP contribution in [0.1, 0.15) is 17.4 Å². The van der Waals surface area contributed by atoms with Gasteiger partial charge in [-0.3, -0.25) is 5.10 Å². The molecule has 2 aromatic heterocycles. The minimum Gasteiger partial charge on any atom is -0.461 e. The van der Waals surface area contributed by atoms with Gasteiger partial charge in [-0.05, 0) is 13.0 Å². The molecule has 5 nitrogen and oxygen atoms in total. The summed E-state index contributed by atoms with van der Waals surface area (Å²) in [6, 6.07) is 11.6. The van der Waals surface area contributed by atoms with Crippen LogP contribution >= 0.6 is 11.3 Å². The van der Waals surface area contributed by atoms with E-state index in [9.17, 15) is 4.79 Å². The van der Waals surface area contributed by atoms with Gasteiger partial charge in [-0.2, -0.15) is 5.10 Å². The molecule has 6 heteroatoms. The number of aromatic amines is 1. The van der Waals surface area contributed by atoms with E-state index in [4.69, 9.17) is 4.74 Å². The molecule has 0 saturated carbocycles. The fourth-order valence-corrected chi connectivity index (χ4v) is 2.76. The first-order chi connectivity index (χ1) is 10.3. The first-order valence-electron chi connectivity index (χ1n) is 6.52. The Morgan fingerprint density at radius 2 is 2.14 bits per heavy atom. The van der Waals surface area contributed by atoms with E-state index in [1.165, 1.54) is 0 Å². The minimum absolute atomic E-state index is 0.279. The van der Waals surface area contributed by atoms with Gasteiger partial charge in [0.25, 0.3) is 0 Å². The largest absolute Gasteiger partial charge is 0.461 e. The SMILES string of the molecule is CCOC(=O)c1cc(-c2cnc(-c3ccccc3)s2)[nH]n1. The van der Waals surface area contributed by atoms with Crippen molar-refractivity contribution < 1.29 is 9.53 Å². The maximum atomic E-state index is 11.6. The van der Waals surface area contributed by atoms with Gasteiger partial charge in [0.15, 0.2) is 5.69 Å². The molecule has 3 rings (SSSR count). The van der Waals surface area contributed by atoms with Gasteiger partial charge in [-0.1, -0.05) is 30.3 Å². The van der Waals surface area contributed by atoms with E-state index in [0.717, 1.165) is 21.1 Å². The predicted molar refractivity (Wildman–Crippen MR) is 81.1 cm³/mol. The Morgan fingerprint density at radius 3 is 2.90 bits per heavy atom. The van der Waals surface area contributed by atoms with Crippen LogP contribution in [0.2, 0.25) is 0 Å². The summed E-state index contributed by atoms with van der Waals surface area (Å²) in [4.78, 5) is 16.9. The molecule has 1 aromatic carbocycles. The Kier molecular flexibility index (Phi) is 3.79. The van der Waals surface area contributed by atoms with Crippen LogP contribution in [-0.2, 0) is 4.74 Å². The summed E-state index contributed by atoms with van der Waals surface area (Å²) in [5.41, 5.74) is 2.11. The lowest BCUT2D eigenvalue weighted by Crippen LogP contribution is -2.04. The van der Waals surface area contributed by atoms with Crippen LogP contribution in [0.15, 0.2) is 42.6 Å². The normalized spacial score (nSPS) is 10.5. The molecule has 0 aliphatic rings. The maximum Gasteiger partial charge on any atom is 0.358 e. The van der Waals surface area contributed by atoms with E-state index in [-0.39, 0.29) is 5.69 Å². The highest BCUT2D eigenvalue weighted by molar-refractivity contribution is 7.18. The summed E-state index contributed by atoms with van der Waals surface area (Å²) < 4.78 is 4.92. The molecule has 0 spiro atoms. The molecule has 0 aliphatic heterocycles. The van der Waals surface area contributed by atoms with Crippen LogP contribution in [0.25, 0.3) is 21.1 Å². The Morgan fingerprint density at radius 1 is 1.33 bits per heavy atom. The fourth-order valence-electron chi connectivity index (χ4n) is 1.87. The van der Waals surface area contributed by atoms with Crippen molar-refractivity contribution in [3.8, 4) is 21.1 Å². The first kappa shape index (κ1) is 13.5. The summed E-state index contributed by atoms with van der Waals surface area (Å²) in [5.74, 6) is -0.423. The molecule has 0 fully saturated rings. The maximum absolute atomic E-state index is 11.6. The lowest BCUT2D eigenvalue weighted by molar-refractivity contribution is 0.0519. The molecule has 0 aliphatic carbocycles. The second-order valence-corrected chi connectivity index (χ2v) is 5.31. The van der Waals surface area contributed by atoms with Crippen LogP contribution < -0.4 is 0 Å². The predicted octanol–water partition coefficient (Wildman–Crippen LogP) is 3.38. The third kappa shape index (κ3) is 2.85. The van der Waals surface area contributed by atoms with Gasteiger partial charge < -0.3 is 4.74 Å². The number of H-pyrrole nitrogens is 1. The second-order valence-electron chi connectivity index (χ2n) is 4.28. The number of thiazole rings is 1. The highest BCUT2D eigenvalue weighted by Gasteiger charge is 2.14. The Balaban J connectivity index is 1.85. The molecule has 0 radical (unpaired) electrons. The second kappa shape index (κ2) is 5.88. The average Bonchev–Trinajstić information content (AvgIpc) is 3.17. The molecular formula is C15H13N3O2S. The molecule has 0 saturated heterocycles. The summed E-state index contributed by atoms with van der Waals surface area (Å²) in [6.45, 7) is 2.10. The Labute approximate surface area is 125 Å². The van der Waals surface area contributed by atoms with E-state index in [0.29, 0.717) is 6.61 Å². The van der Waals surface area contributed by atoms with Gasteiger partial charge >= 0.3 is 5.97 Å². The zero-order valence-corrected chi connectivity index (χ0v) is 12.2. The number of ether oxygens (including phenoxy) is 1. The van der Waals surface area contributed by atoms with Crippen molar-refractivity contribution in [3.05, 3.63) is 48.3 Å². The number of nitrogens with zero attached hydrogens (tertiary/aromatic N) is 2. The smallest absolute Gasteiger partial charge is 0.358 e. The van der Waals surface area contributed by atoms with Crippen LogP contribution in [0.5, 0.6) is 0 Å². The first-order valence-corrected chi connectivity index (χ1v) is 7.33. The van der Waals surface area contributed by atoms with Crippen molar-refractivity contribution in [1.82, 2.24) is 15.2 Å². The van der Waals surface area contributed by atoms with Crippen LogP contribution in [0.4, 0.5) is 0 Å². The molecule has 0 atom stereocenters. The molecule has 2 heterocycles. The van der Waals surface area contributed by atoms with Gasteiger partial charge in [0.2, 0.25) is 0 Å². The number of benzene rings is 1. The number of hydrogen-bond donors (Lipinski definition) is 1. The molecule has 0 bridgehead atoms. The minimum atomic E-state index is -0.423. The number of aromatic nitrogens is 3. The molecule has 106 valence electrons. The third-order valence-corrected chi connectivity index (χ3v) is 3.93. The zero-order chi connectivity index (χ0) is 14.7. The number of carbonyl (C=O) groups excluding carboxylic acids is 1. The van der Waals surface area contributed by atoms with E-state index < -0.39 is 5.97 Å². The van der Waals surface area contributed by atoms with Crippen molar-refractivity contribution in [2.45, 2.75) is 6.92 Å². The average molecular weight is 299 g/mol. The number of esters is 1. The van der Waals surface area contributed by atoms with Crippen molar-refractivity contribution in [2.24, 2.45) is 0 Å². The molecule has 21 heavy (non-hydrogen) atoms. The van der Waals surface area contributed by atoms with Gasteiger partial charge in [-0.15, -0.1) is 11.3 Å². The fraction of sp³-hybridized carbons (Fsp3) is 0.133. The Hall–Kier alpha value is -2.47. The number of hydrogen-bond acceptors (Lipinski definition) is 5. The number of carbonyl (C=O) groups is 1. The van der Waals surface area contributed by atoms with Crippen LogP contribution in [-0.4, -0.2) is 27.8 Å². The lowest BCUT2D eigenvalue weighted by atomic mass is 10.2. The summed E-state index contributed by atoms with van der Waals surface area (Å²) >= 11 is 1.54. The van der Waals surface area contributed by atoms with Crippen molar-refractivity contribution in [2.75, 3.05) is 6.61 Å². The van der Waals surface area contributed by atoms with E-state index in [1.807, 2.05) is 30.3 Å². The van der Waals surface area contributed by atoms with Gasteiger partial charge in [0, 0.05) is 11.8 Å². The number of nitrogens with one attached hydrogen (secondary N) is 1. The van der Waals surface area contributed by atoms with Gasteiger partial charge in [0.05, 0.1) is 17.2 Å². The highest BCUT2D eigenvalue weighted by Crippen LogP contribution is 2.31. The van der Waals surface area contributed by atoms with Crippen molar-refractivity contribution in [3.63, 3.8) is 0 Å². The highest BCUT2D eigenvalue weighted by atomic mass is 32.1. The number of rotatable bonds is 4. The van der Waals surface area contributed by atoms with Crippen molar-refractivity contribution in [1.29, 1.82) is 0 Å². The van der Waals surface area contributed by atoms with E-state index >= 15 is 0 Å². The quantitative estimate of drug-likeness (QED) is 0.750. The molecule has 1 N–H and O–H groups in total. The van der Waals surface area contributed by atoms with E-state index in [2.05, 4.69) is 15.2 Å². The van der Waals surface area contributed by atoms with Crippen molar-refractivity contribution >= 4 is 17.3 Å². The summed E-state index contributed by atoms with van der Waals surface area (Å²) in [5, 5.41) is 7.75. The summed E-state index contributed by atoms with van der Waals surface area (Å²) in [6.07, 6.45) is 1.77. The topological polar surface area (TPSA) is 67.9 Å². The monoisotopic (exact) mass is 299 g/mol. The zero-order valence-electron chi connectivity index (χ0n) is 11.4. The molecule has 3 aromatic rings. The third-order valence-electron chi connectivity index (χ3n) is 2.85. The molecular weight excluding hydrogens is 286 g/mol. The van der Waals surface area contributed by atoms with Gasteiger partial charge in [0.1, 0.15) is 5.01 Å². The molecule has 0 unspecified atom stereocenters. The van der Waals surface area contributed by atoms with Gasteiger partial charge in [-0.25, -0.2) is 9.78 Å². The lowest BCUT2D eigenvalue weighted by Gasteiger charge is -1.95. The molecule has 0 amide bonds. The van der Waals surface area contributed by atoms with Crippen LogP contribution in [0, 0.1) is 0 Å². The standard InChI is InChI=1S/C15H13N3O2S/c1-2-20-15(19)12-8-11(17-18-12)13-9-16-14(21-13)10-6-4-3-5-7-10/h3-9H,2H2,1H3,(H,17,18). The van der Waals surface area contributed by atoms with Crippen LogP contribution in [0.3, 0.4) is 0 Å². The van der Waals surface area contributed by atoms with E-state index in [1.54, 1.807) is 30.5 Å². The Bertz CT molecular complexity index is 749.